The number of aromatic nitrogens is 3. The second-order valence-corrected chi connectivity index (χ2v) is 5.56. The molecule has 21 heavy (non-hydrogen) atoms. The van der Waals surface area contributed by atoms with Crippen molar-refractivity contribution in [2.75, 3.05) is 27.2 Å². The number of pyridine rings is 1. The largest absolute Gasteiger partial charge is 0.308 e. The molecule has 0 spiro atoms. The SMILES string of the molecule is CCNC(c1ccccn1)c1c(Cl)cnn1CCN(C)C. The van der Waals surface area contributed by atoms with Gasteiger partial charge in [0.15, 0.2) is 0 Å². The van der Waals surface area contributed by atoms with Gasteiger partial charge in [-0.05, 0) is 32.8 Å². The molecule has 0 aliphatic rings. The lowest BCUT2D eigenvalue weighted by Crippen LogP contribution is -2.28. The van der Waals surface area contributed by atoms with Gasteiger partial charge in [0.2, 0.25) is 0 Å². The Balaban J connectivity index is 2.34. The number of likely N-dealkylation sites (N-methyl/N-ethyl adjacent to an activating group) is 1. The van der Waals surface area contributed by atoms with E-state index in [2.05, 4.69) is 27.2 Å². The predicted molar refractivity (Wildman–Crippen MR) is 85.5 cm³/mol. The van der Waals surface area contributed by atoms with E-state index >= 15 is 0 Å². The highest BCUT2D eigenvalue weighted by atomic mass is 35.5. The summed E-state index contributed by atoms with van der Waals surface area (Å²) in [6.07, 6.45) is 3.51. The molecule has 2 rings (SSSR count). The van der Waals surface area contributed by atoms with Crippen molar-refractivity contribution in [3.8, 4) is 0 Å². The summed E-state index contributed by atoms with van der Waals surface area (Å²) in [7, 11) is 4.09. The van der Waals surface area contributed by atoms with Crippen LogP contribution in [0, 0.1) is 0 Å². The minimum Gasteiger partial charge on any atom is -0.308 e. The molecule has 1 N–H and O–H groups in total. The molecule has 114 valence electrons. The minimum atomic E-state index is -0.0478. The maximum atomic E-state index is 6.38. The molecule has 1 atom stereocenters. The van der Waals surface area contributed by atoms with Gasteiger partial charge in [0.05, 0.1) is 35.2 Å². The van der Waals surface area contributed by atoms with Crippen molar-refractivity contribution in [1.29, 1.82) is 0 Å². The lowest BCUT2D eigenvalue weighted by Gasteiger charge is -2.20. The van der Waals surface area contributed by atoms with Crippen LogP contribution < -0.4 is 5.32 Å². The van der Waals surface area contributed by atoms with Crippen LogP contribution in [0.2, 0.25) is 5.02 Å². The van der Waals surface area contributed by atoms with Crippen molar-refractivity contribution in [2.24, 2.45) is 0 Å². The van der Waals surface area contributed by atoms with Crippen LogP contribution in [0.5, 0.6) is 0 Å². The van der Waals surface area contributed by atoms with Crippen LogP contribution in [0.15, 0.2) is 30.6 Å². The first-order valence-corrected chi connectivity index (χ1v) is 7.51. The Bertz CT molecular complexity index is 552. The van der Waals surface area contributed by atoms with Gasteiger partial charge in [-0.15, -0.1) is 0 Å². The van der Waals surface area contributed by atoms with E-state index in [1.165, 1.54) is 0 Å². The summed E-state index contributed by atoms with van der Waals surface area (Å²) in [5.41, 5.74) is 1.92. The fourth-order valence-corrected chi connectivity index (χ4v) is 2.47. The number of hydrogen-bond acceptors (Lipinski definition) is 4. The molecule has 0 radical (unpaired) electrons. The summed E-state index contributed by atoms with van der Waals surface area (Å²) in [6, 6.07) is 5.86. The van der Waals surface area contributed by atoms with Crippen molar-refractivity contribution in [1.82, 2.24) is 25.0 Å². The monoisotopic (exact) mass is 307 g/mol. The zero-order valence-electron chi connectivity index (χ0n) is 12.8. The Hall–Kier alpha value is -1.43. The van der Waals surface area contributed by atoms with Crippen LogP contribution in [0.3, 0.4) is 0 Å². The van der Waals surface area contributed by atoms with Crippen LogP contribution in [0.25, 0.3) is 0 Å². The topological polar surface area (TPSA) is 46.0 Å². The summed E-state index contributed by atoms with van der Waals surface area (Å²) in [4.78, 5) is 6.59. The van der Waals surface area contributed by atoms with Crippen LogP contribution in [0.4, 0.5) is 0 Å². The Morgan fingerprint density at radius 1 is 1.38 bits per heavy atom. The van der Waals surface area contributed by atoms with E-state index in [9.17, 15) is 0 Å². The van der Waals surface area contributed by atoms with Gasteiger partial charge in [-0.1, -0.05) is 24.6 Å². The molecule has 0 aliphatic carbocycles. The van der Waals surface area contributed by atoms with Crippen LogP contribution in [-0.2, 0) is 6.54 Å². The maximum absolute atomic E-state index is 6.38. The molecule has 0 aliphatic heterocycles. The second kappa shape index (κ2) is 7.54. The molecule has 2 aromatic rings. The van der Waals surface area contributed by atoms with Crippen molar-refractivity contribution in [2.45, 2.75) is 19.5 Å². The molecule has 0 aromatic carbocycles. The summed E-state index contributed by atoms with van der Waals surface area (Å²) < 4.78 is 1.96. The van der Waals surface area contributed by atoms with Gasteiger partial charge in [0.1, 0.15) is 0 Å². The van der Waals surface area contributed by atoms with E-state index in [1.807, 2.05) is 37.0 Å². The van der Waals surface area contributed by atoms with Gasteiger partial charge in [-0.2, -0.15) is 5.10 Å². The summed E-state index contributed by atoms with van der Waals surface area (Å²) in [6.45, 7) is 4.61. The maximum Gasteiger partial charge on any atom is 0.0937 e. The third-order valence-corrected chi connectivity index (χ3v) is 3.55. The molecule has 0 fully saturated rings. The Morgan fingerprint density at radius 3 is 2.81 bits per heavy atom. The molecule has 0 saturated carbocycles. The van der Waals surface area contributed by atoms with Crippen molar-refractivity contribution >= 4 is 11.6 Å². The van der Waals surface area contributed by atoms with Crippen LogP contribution >= 0.6 is 11.6 Å². The van der Waals surface area contributed by atoms with Gasteiger partial charge >= 0.3 is 0 Å². The highest BCUT2D eigenvalue weighted by molar-refractivity contribution is 6.31. The smallest absolute Gasteiger partial charge is 0.0937 e. The van der Waals surface area contributed by atoms with E-state index in [0.717, 1.165) is 31.0 Å². The third kappa shape index (κ3) is 4.03. The average Bonchev–Trinajstić information content (AvgIpc) is 2.84. The van der Waals surface area contributed by atoms with Crippen LogP contribution in [-0.4, -0.2) is 46.8 Å². The van der Waals surface area contributed by atoms with E-state index < -0.39 is 0 Å². The molecule has 5 nitrogen and oxygen atoms in total. The molecule has 1 unspecified atom stereocenters. The van der Waals surface area contributed by atoms with Gasteiger partial charge < -0.3 is 10.2 Å². The molecule has 0 bridgehead atoms. The normalized spacial score (nSPS) is 12.8. The van der Waals surface area contributed by atoms with E-state index in [4.69, 9.17) is 11.6 Å². The molecule has 6 heteroatoms. The minimum absolute atomic E-state index is 0.0478. The molecular formula is C15H22ClN5. The highest BCUT2D eigenvalue weighted by Gasteiger charge is 2.22. The number of rotatable bonds is 7. The van der Waals surface area contributed by atoms with Crippen molar-refractivity contribution in [3.63, 3.8) is 0 Å². The zero-order valence-corrected chi connectivity index (χ0v) is 13.5. The number of nitrogens with zero attached hydrogens (tertiary/aromatic N) is 4. The number of nitrogens with one attached hydrogen (secondary N) is 1. The van der Waals surface area contributed by atoms with E-state index in [0.29, 0.717) is 5.02 Å². The molecule has 2 aromatic heterocycles. The lowest BCUT2D eigenvalue weighted by molar-refractivity contribution is 0.365. The second-order valence-electron chi connectivity index (χ2n) is 5.15. The first-order valence-electron chi connectivity index (χ1n) is 7.13. The molecule has 0 saturated heterocycles. The Labute approximate surface area is 130 Å². The average molecular weight is 308 g/mol. The van der Waals surface area contributed by atoms with Crippen molar-refractivity contribution in [3.05, 3.63) is 47.0 Å². The highest BCUT2D eigenvalue weighted by Crippen LogP contribution is 2.27. The summed E-state index contributed by atoms with van der Waals surface area (Å²) in [5, 5.41) is 8.53. The fraction of sp³-hybridized carbons (Fsp3) is 0.467. The summed E-state index contributed by atoms with van der Waals surface area (Å²) in [5.74, 6) is 0. The van der Waals surface area contributed by atoms with Gasteiger partial charge in [0, 0.05) is 12.7 Å². The number of hydrogen-bond donors (Lipinski definition) is 1. The zero-order chi connectivity index (χ0) is 15.2. The Morgan fingerprint density at radius 2 is 2.19 bits per heavy atom. The molecule has 0 amide bonds. The van der Waals surface area contributed by atoms with Crippen molar-refractivity contribution < 1.29 is 0 Å². The number of halogens is 1. The standard InChI is InChI=1S/C15H22ClN5/c1-4-17-14(13-7-5-6-8-18-13)15-12(16)11-19-21(15)10-9-20(2)3/h5-8,11,14,17H,4,9-10H2,1-3H3. The van der Waals surface area contributed by atoms with Crippen LogP contribution in [0.1, 0.15) is 24.4 Å². The molecular weight excluding hydrogens is 286 g/mol. The lowest BCUT2D eigenvalue weighted by atomic mass is 10.1. The van der Waals surface area contributed by atoms with Gasteiger partial charge in [-0.3, -0.25) is 9.67 Å². The quantitative estimate of drug-likeness (QED) is 0.852. The first kappa shape index (κ1) is 15.9. The van der Waals surface area contributed by atoms with E-state index in [1.54, 1.807) is 12.4 Å². The first-order chi connectivity index (χ1) is 10.1. The van der Waals surface area contributed by atoms with Gasteiger partial charge in [0.25, 0.3) is 0 Å². The van der Waals surface area contributed by atoms with Gasteiger partial charge in [-0.25, -0.2) is 0 Å². The Kier molecular flexibility index (Phi) is 5.73. The summed E-state index contributed by atoms with van der Waals surface area (Å²) >= 11 is 6.38. The third-order valence-electron chi connectivity index (χ3n) is 3.26. The predicted octanol–water partition coefficient (Wildman–Crippen LogP) is 2.19. The van der Waals surface area contributed by atoms with E-state index in [-0.39, 0.29) is 6.04 Å². The molecule has 2 heterocycles. The fourth-order valence-electron chi connectivity index (χ4n) is 2.22.